The van der Waals surface area contributed by atoms with Gasteiger partial charge in [0.25, 0.3) is 0 Å². The lowest BCUT2D eigenvalue weighted by Gasteiger charge is -2.22. The van der Waals surface area contributed by atoms with Gasteiger partial charge in [0.15, 0.2) is 0 Å². The van der Waals surface area contributed by atoms with Gasteiger partial charge in [-0.2, -0.15) is 0 Å². The lowest BCUT2D eigenvalue weighted by molar-refractivity contribution is -0.141. The minimum absolute atomic E-state index is 0.101. The first-order valence-corrected chi connectivity index (χ1v) is 6.92. The number of nitrogens with one attached hydrogen (secondary N) is 1. The summed E-state index contributed by atoms with van der Waals surface area (Å²) in [5.74, 6) is 0.151. The molecule has 1 aliphatic heterocycles. The van der Waals surface area contributed by atoms with E-state index in [-0.39, 0.29) is 19.0 Å². The third-order valence-electron chi connectivity index (χ3n) is 4.17. The van der Waals surface area contributed by atoms with Gasteiger partial charge in [0.1, 0.15) is 6.04 Å². The molecular weight excluding hydrogens is 248 g/mol. The summed E-state index contributed by atoms with van der Waals surface area (Å²) in [6, 6.07) is -1.28. The zero-order chi connectivity index (χ0) is 14.0. The van der Waals surface area contributed by atoms with Gasteiger partial charge in [-0.15, -0.1) is 0 Å². The molecule has 4 atom stereocenters. The normalized spacial score (nSPS) is 34.5. The van der Waals surface area contributed by atoms with E-state index >= 15 is 0 Å². The Kier molecular flexibility index (Phi) is 4.29. The first-order chi connectivity index (χ1) is 8.97. The average Bonchev–Trinajstić information content (AvgIpc) is 2.92. The number of carbonyl (C=O) groups excluding carboxylic acids is 1. The SMILES string of the molecule is CC1CCC(CNC(=O)N2CC(O)CC2C(=O)O)C1. The van der Waals surface area contributed by atoms with Gasteiger partial charge in [-0.3, -0.25) is 0 Å². The molecule has 0 bridgehead atoms. The number of aliphatic carboxylic acids is 1. The Balaban J connectivity index is 1.83. The van der Waals surface area contributed by atoms with Crippen molar-refractivity contribution in [3.8, 4) is 0 Å². The van der Waals surface area contributed by atoms with Crippen LogP contribution >= 0.6 is 0 Å². The summed E-state index contributed by atoms with van der Waals surface area (Å²) in [4.78, 5) is 24.2. The Hall–Kier alpha value is -1.30. The minimum Gasteiger partial charge on any atom is -0.480 e. The maximum Gasteiger partial charge on any atom is 0.326 e. The Bertz CT molecular complexity index is 361. The van der Waals surface area contributed by atoms with Gasteiger partial charge in [-0.25, -0.2) is 9.59 Å². The highest BCUT2D eigenvalue weighted by Crippen LogP contribution is 2.29. The molecule has 2 amide bonds. The van der Waals surface area contributed by atoms with Gasteiger partial charge in [0.2, 0.25) is 0 Å². The molecule has 0 aromatic carbocycles. The number of hydrogen-bond acceptors (Lipinski definition) is 3. The van der Waals surface area contributed by atoms with Crippen LogP contribution in [0, 0.1) is 11.8 Å². The van der Waals surface area contributed by atoms with Gasteiger partial charge in [-0.1, -0.05) is 13.3 Å². The van der Waals surface area contributed by atoms with E-state index in [0.29, 0.717) is 18.4 Å². The van der Waals surface area contributed by atoms with Crippen molar-refractivity contribution in [1.29, 1.82) is 0 Å². The van der Waals surface area contributed by atoms with Crippen molar-refractivity contribution in [3.05, 3.63) is 0 Å². The number of likely N-dealkylation sites (tertiary alicyclic amines) is 1. The fraction of sp³-hybridized carbons (Fsp3) is 0.846. The summed E-state index contributed by atoms with van der Waals surface area (Å²) in [5.41, 5.74) is 0. The summed E-state index contributed by atoms with van der Waals surface area (Å²) < 4.78 is 0. The molecule has 2 fully saturated rings. The van der Waals surface area contributed by atoms with Crippen molar-refractivity contribution >= 4 is 12.0 Å². The smallest absolute Gasteiger partial charge is 0.326 e. The van der Waals surface area contributed by atoms with Crippen molar-refractivity contribution in [1.82, 2.24) is 10.2 Å². The third kappa shape index (κ3) is 3.37. The molecule has 0 aromatic heterocycles. The highest BCUT2D eigenvalue weighted by molar-refractivity contribution is 5.83. The molecule has 19 heavy (non-hydrogen) atoms. The van der Waals surface area contributed by atoms with E-state index in [1.165, 1.54) is 11.3 Å². The number of aliphatic hydroxyl groups is 1. The van der Waals surface area contributed by atoms with Crippen molar-refractivity contribution in [2.45, 2.75) is 44.8 Å². The van der Waals surface area contributed by atoms with Gasteiger partial charge < -0.3 is 20.4 Å². The number of aliphatic hydroxyl groups excluding tert-OH is 1. The molecule has 2 rings (SSSR count). The van der Waals surface area contributed by atoms with Crippen molar-refractivity contribution < 1.29 is 19.8 Å². The van der Waals surface area contributed by atoms with Gasteiger partial charge in [0, 0.05) is 19.5 Å². The van der Waals surface area contributed by atoms with Gasteiger partial charge >= 0.3 is 12.0 Å². The fourth-order valence-corrected chi connectivity index (χ4v) is 3.12. The number of β-amino-alcohol motifs (C(OH)–C–C–N with tert-alkyl or cyclic N) is 1. The van der Waals surface area contributed by atoms with Crippen LogP contribution in [0.3, 0.4) is 0 Å². The van der Waals surface area contributed by atoms with Crippen LogP contribution in [0.1, 0.15) is 32.6 Å². The van der Waals surface area contributed by atoms with Crippen LogP contribution in [0.2, 0.25) is 0 Å². The number of hydrogen-bond donors (Lipinski definition) is 3. The van der Waals surface area contributed by atoms with Gasteiger partial charge in [0.05, 0.1) is 6.10 Å². The quantitative estimate of drug-likeness (QED) is 0.702. The second-order valence-corrected chi connectivity index (χ2v) is 5.87. The first-order valence-electron chi connectivity index (χ1n) is 6.92. The third-order valence-corrected chi connectivity index (χ3v) is 4.17. The largest absolute Gasteiger partial charge is 0.480 e. The first kappa shape index (κ1) is 14.1. The number of urea groups is 1. The maximum absolute atomic E-state index is 12.0. The molecule has 0 spiro atoms. The second-order valence-electron chi connectivity index (χ2n) is 5.87. The number of amides is 2. The van der Waals surface area contributed by atoms with E-state index in [2.05, 4.69) is 12.2 Å². The van der Waals surface area contributed by atoms with E-state index in [1.54, 1.807) is 0 Å². The zero-order valence-electron chi connectivity index (χ0n) is 11.2. The molecule has 108 valence electrons. The summed E-state index contributed by atoms with van der Waals surface area (Å²) in [5, 5.41) is 21.3. The van der Waals surface area contributed by atoms with Crippen LogP contribution in [0.15, 0.2) is 0 Å². The monoisotopic (exact) mass is 270 g/mol. The van der Waals surface area contributed by atoms with E-state index in [9.17, 15) is 14.7 Å². The Morgan fingerprint density at radius 1 is 1.32 bits per heavy atom. The van der Waals surface area contributed by atoms with Crippen LogP contribution in [0.4, 0.5) is 4.79 Å². The van der Waals surface area contributed by atoms with Crippen molar-refractivity contribution in [3.63, 3.8) is 0 Å². The average molecular weight is 270 g/mol. The Morgan fingerprint density at radius 2 is 2.05 bits per heavy atom. The fourth-order valence-electron chi connectivity index (χ4n) is 3.12. The van der Waals surface area contributed by atoms with Crippen LogP contribution in [0.25, 0.3) is 0 Å². The molecule has 4 unspecified atom stereocenters. The number of nitrogens with zero attached hydrogens (tertiary/aromatic N) is 1. The van der Waals surface area contributed by atoms with E-state index < -0.39 is 18.1 Å². The Labute approximate surface area is 112 Å². The second kappa shape index (κ2) is 5.77. The molecule has 1 heterocycles. The topological polar surface area (TPSA) is 89.9 Å². The zero-order valence-corrected chi connectivity index (χ0v) is 11.2. The van der Waals surface area contributed by atoms with E-state index in [1.807, 2.05) is 0 Å². The van der Waals surface area contributed by atoms with Crippen LogP contribution in [0.5, 0.6) is 0 Å². The molecule has 6 heteroatoms. The summed E-state index contributed by atoms with van der Waals surface area (Å²) in [6.45, 7) is 2.91. The lowest BCUT2D eigenvalue weighted by atomic mass is 10.1. The highest BCUT2D eigenvalue weighted by Gasteiger charge is 2.39. The van der Waals surface area contributed by atoms with E-state index in [0.717, 1.165) is 12.8 Å². The highest BCUT2D eigenvalue weighted by atomic mass is 16.4. The Morgan fingerprint density at radius 3 is 2.63 bits per heavy atom. The summed E-state index contributed by atoms with van der Waals surface area (Å²) >= 11 is 0. The molecule has 1 saturated carbocycles. The number of carboxylic acid groups (broad SMARTS) is 1. The van der Waals surface area contributed by atoms with E-state index in [4.69, 9.17) is 5.11 Å². The molecule has 1 aliphatic carbocycles. The van der Waals surface area contributed by atoms with Crippen LogP contribution in [-0.2, 0) is 4.79 Å². The van der Waals surface area contributed by atoms with Crippen molar-refractivity contribution in [2.75, 3.05) is 13.1 Å². The lowest BCUT2D eigenvalue weighted by Crippen LogP contribution is -2.47. The standard InChI is InChI=1S/C13H22N2O4/c1-8-2-3-9(4-8)6-14-13(19)15-7-10(16)5-11(15)12(17)18/h8-11,16H,2-7H2,1H3,(H,14,19)(H,17,18). The number of carbonyl (C=O) groups is 2. The molecule has 0 aromatic rings. The van der Waals surface area contributed by atoms with Crippen molar-refractivity contribution in [2.24, 2.45) is 11.8 Å². The molecular formula is C13H22N2O4. The predicted octanol–water partition coefficient (Wildman–Crippen LogP) is 0.652. The summed E-state index contributed by atoms with van der Waals surface area (Å²) in [6.07, 6.45) is 2.81. The maximum atomic E-state index is 12.0. The predicted molar refractivity (Wildman–Crippen MR) is 68.7 cm³/mol. The minimum atomic E-state index is -1.05. The number of rotatable bonds is 3. The molecule has 1 saturated heterocycles. The molecule has 0 radical (unpaired) electrons. The van der Waals surface area contributed by atoms with Crippen LogP contribution < -0.4 is 5.32 Å². The number of carboxylic acids is 1. The van der Waals surface area contributed by atoms with Gasteiger partial charge in [-0.05, 0) is 24.7 Å². The molecule has 2 aliphatic rings. The van der Waals surface area contributed by atoms with Crippen LogP contribution in [-0.4, -0.2) is 52.3 Å². The summed E-state index contributed by atoms with van der Waals surface area (Å²) in [7, 11) is 0. The molecule has 3 N–H and O–H groups in total. The molecule has 6 nitrogen and oxygen atoms in total.